The van der Waals surface area contributed by atoms with Crippen LogP contribution in [0, 0.1) is 5.92 Å². The summed E-state index contributed by atoms with van der Waals surface area (Å²) in [4.78, 5) is 26.4. The maximum absolute atomic E-state index is 12.7. The summed E-state index contributed by atoms with van der Waals surface area (Å²) in [7, 11) is 3.51. The van der Waals surface area contributed by atoms with Crippen molar-refractivity contribution in [3.8, 4) is 11.1 Å². The largest absolute Gasteiger partial charge is 0.431 e. The molecule has 2 aromatic carbocycles. The van der Waals surface area contributed by atoms with E-state index in [0.717, 1.165) is 22.0 Å². The lowest BCUT2D eigenvalue weighted by Crippen LogP contribution is -2.30. The molecule has 0 saturated carbocycles. The zero-order valence-electron chi connectivity index (χ0n) is 21.6. The maximum Gasteiger partial charge on any atom is 0.431 e. The van der Waals surface area contributed by atoms with Crippen LogP contribution in [0.15, 0.2) is 61.1 Å². The maximum atomic E-state index is 12.7. The average Bonchev–Trinajstić information content (AvgIpc) is 3.31. The number of carbonyl (C=O) groups excluding carboxylic acids is 1. The van der Waals surface area contributed by atoms with Crippen molar-refractivity contribution in [3.05, 3.63) is 77.7 Å². The molecule has 0 radical (unpaired) electrons. The highest BCUT2D eigenvalue weighted by Gasteiger charge is 2.35. The molecule has 0 fully saturated rings. The number of hydrogen-bond donors (Lipinski definition) is 2. The first-order valence-electron chi connectivity index (χ1n) is 12.1. The third kappa shape index (κ3) is 4.54. The molecule has 36 heavy (non-hydrogen) atoms. The van der Waals surface area contributed by atoms with Crippen LogP contribution in [0.3, 0.4) is 0 Å². The number of hydrogen-bond acceptors (Lipinski definition) is 4. The zero-order chi connectivity index (χ0) is 26.0. The SMILES string of the molecule is C=[N+](C)c1ncc(-c2ccc(C(C)(c3c[nH]c4cc(C(=O)N(C)CCO)ccc34)C(C)C)cc2)cn1. The molecular formula is C29H34N5O2+. The standard InChI is InChI=1S/C29H33N5O2/c1-19(2)29(3,23-10-7-20(8-11-23)22-16-31-28(32-17-22)33(4)5)25-18-30-26-15-21(9-12-24(25)26)27(36)34(6)13-14-35/h7-12,15-19,35H,4,13-14H2,1-3,5-6H3/p+1. The molecule has 0 saturated heterocycles. The molecule has 0 aliphatic heterocycles. The molecule has 0 bridgehead atoms. The smallest absolute Gasteiger partial charge is 0.395 e. The van der Waals surface area contributed by atoms with Crippen LogP contribution in [-0.4, -0.2) is 69.4 Å². The number of likely N-dealkylation sites (N-methyl/N-ethyl adjacent to an activating group) is 1. The van der Waals surface area contributed by atoms with Gasteiger partial charge in [-0.25, -0.2) is 4.58 Å². The summed E-state index contributed by atoms with van der Waals surface area (Å²) in [5, 5.41) is 10.3. The Bertz CT molecular complexity index is 1390. The third-order valence-electron chi connectivity index (χ3n) is 7.22. The number of fused-ring (bicyclic) bond motifs is 1. The summed E-state index contributed by atoms with van der Waals surface area (Å²) >= 11 is 0. The van der Waals surface area contributed by atoms with Crippen LogP contribution in [0.5, 0.6) is 0 Å². The molecule has 7 heteroatoms. The van der Waals surface area contributed by atoms with E-state index in [9.17, 15) is 4.79 Å². The number of aromatic amines is 1. The normalized spacial score (nSPS) is 13.1. The van der Waals surface area contributed by atoms with E-state index in [-0.39, 0.29) is 17.9 Å². The Morgan fingerprint density at radius 2 is 1.81 bits per heavy atom. The van der Waals surface area contributed by atoms with Crippen molar-refractivity contribution in [2.24, 2.45) is 5.92 Å². The van der Waals surface area contributed by atoms with E-state index < -0.39 is 0 Å². The molecule has 7 nitrogen and oxygen atoms in total. The van der Waals surface area contributed by atoms with E-state index >= 15 is 0 Å². The molecule has 2 N–H and O–H groups in total. The summed E-state index contributed by atoms with van der Waals surface area (Å²) in [6, 6.07) is 14.4. The van der Waals surface area contributed by atoms with E-state index in [1.54, 1.807) is 11.6 Å². The van der Waals surface area contributed by atoms with Crippen molar-refractivity contribution in [2.45, 2.75) is 26.2 Å². The zero-order valence-corrected chi connectivity index (χ0v) is 21.6. The highest BCUT2D eigenvalue weighted by atomic mass is 16.3. The number of benzene rings is 2. The highest BCUT2D eigenvalue weighted by molar-refractivity contribution is 5.98. The molecule has 1 atom stereocenters. The first-order valence-corrected chi connectivity index (χ1v) is 12.1. The number of amides is 1. The Hall–Kier alpha value is -3.84. The second-order valence-electron chi connectivity index (χ2n) is 9.82. The Labute approximate surface area is 212 Å². The lowest BCUT2D eigenvalue weighted by atomic mass is 9.68. The highest BCUT2D eigenvalue weighted by Crippen LogP contribution is 2.42. The van der Waals surface area contributed by atoms with Crippen LogP contribution in [0.4, 0.5) is 5.95 Å². The number of aliphatic hydroxyl groups is 1. The Kier molecular flexibility index (Phi) is 7.04. The van der Waals surface area contributed by atoms with Crippen molar-refractivity contribution in [1.29, 1.82) is 0 Å². The van der Waals surface area contributed by atoms with Gasteiger partial charge in [0.15, 0.2) is 0 Å². The molecule has 1 amide bonds. The van der Waals surface area contributed by atoms with Crippen LogP contribution in [-0.2, 0) is 5.41 Å². The fourth-order valence-corrected chi connectivity index (χ4v) is 4.64. The molecule has 0 aliphatic carbocycles. The number of rotatable bonds is 8. The fraction of sp³-hybridized carbons (Fsp3) is 0.310. The van der Waals surface area contributed by atoms with Gasteiger partial charge < -0.3 is 15.0 Å². The lowest BCUT2D eigenvalue weighted by Gasteiger charge is -2.35. The van der Waals surface area contributed by atoms with Gasteiger partial charge in [-0.15, -0.1) is 0 Å². The van der Waals surface area contributed by atoms with E-state index in [2.05, 4.69) is 72.9 Å². The van der Waals surface area contributed by atoms with Crippen LogP contribution in [0.1, 0.15) is 42.3 Å². The molecule has 2 aromatic heterocycles. The molecule has 1 unspecified atom stereocenters. The third-order valence-corrected chi connectivity index (χ3v) is 7.22. The van der Waals surface area contributed by atoms with Gasteiger partial charge in [0.2, 0.25) is 0 Å². The van der Waals surface area contributed by atoms with Crippen LogP contribution >= 0.6 is 0 Å². The van der Waals surface area contributed by atoms with Gasteiger partial charge in [0.1, 0.15) is 12.4 Å². The summed E-state index contributed by atoms with van der Waals surface area (Å²) in [6.45, 7) is 10.8. The minimum atomic E-state index is -0.257. The Morgan fingerprint density at radius 3 is 2.39 bits per heavy atom. The van der Waals surface area contributed by atoms with Crippen molar-refractivity contribution >= 4 is 29.5 Å². The molecule has 2 heterocycles. The Balaban J connectivity index is 1.69. The topological polar surface area (TPSA) is 85.1 Å². The van der Waals surface area contributed by atoms with E-state index in [0.29, 0.717) is 24.0 Å². The van der Waals surface area contributed by atoms with E-state index in [4.69, 9.17) is 5.11 Å². The van der Waals surface area contributed by atoms with Crippen LogP contribution in [0.25, 0.3) is 22.0 Å². The van der Waals surface area contributed by atoms with Gasteiger partial charge in [0, 0.05) is 48.4 Å². The summed E-state index contributed by atoms with van der Waals surface area (Å²) < 4.78 is 1.63. The molecular weight excluding hydrogens is 450 g/mol. The number of nitrogens with zero attached hydrogens (tertiary/aromatic N) is 4. The second kappa shape index (κ2) is 10.0. The number of H-pyrrole nitrogens is 1. The van der Waals surface area contributed by atoms with Crippen molar-refractivity contribution in [2.75, 3.05) is 27.2 Å². The van der Waals surface area contributed by atoms with Gasteiger partial charge in [-0.05, 0) is 34.7 Å². The van der Waals surface area contributed by atoms with Gasteiger partial charge >= 0.3 is 5.95 Å². The van der Waals surface area contributed by atoms with Gasteiger partial charge in [0.05, 0.1) is 19.2 Å². The van der Waals surface area contributed by atoms with E-state index in [1.807, 2.05) is 37.6 Å². The predicted octanol–water partition coefficient (Wildman–Crippen LogP) is 4.63. The first-order chi connectivity index (χ1) is 17.2. The van der Waals surface area contributed by atoms with Gasteiger partial charge in [-0.3, -0.25) is 4.79 Å². The molecule has 4 rings (SSSR count). The Morgan fingerprint density at radius 1 is 1.14 bits per heavy atom. The van der Waals surface area contributed by atoms with Crippen molar-refractivity contribution in [3.63, 3.8) is 0 Å². The number of nitrogens with one attached hydrogen (secondary N) is 1. The van der Waals surface area contributed by atoms with Crippen LogP contribution in [0.2, 0.25) is 0 Å². The minimum absolute atomic E-state index is 0.0609. The first kappa shape index (κ1) is 25.3. The monoisotopic (exact) mass is 484 g/mol. The molecule has 0 aliphatic rings. The van der Waals surface area contributed by atoms with Gasteiger partial charge in [-0.2, -0.15) is 0 Å². The summed E-state index contributed by atoms with van der Waals surface area (Å²) in [6.07, 6.45) is 5.69. The minimum Gasteiger partial charge on any atom is -0.395 e. The van der Waals surface area contributed by atoms with E-state index in [1.165, 1.54) is 16.0 Å². The molecule has 186 valence electrons. The summed E-state index contributed by atoms with van der Waals surface area (Å²) in [5.41, 5.74) is 5.66. The number of aromatic nitrogens is 3. The van der Waals surface area contributed by atoms with Crippen molar-refractivity contribution in [1.82, 2.24) is 19.9 Å². The quantitative estimate of drug-likeness (QED) is 0.282. The molecule has 4 aromatic rings. The summed E-state index contributed by atoms with van der Waals surface area (Å²) in [5.74, 6) is 0.782. The molecule has 0 spiro atoms. The van der Waals surface area contributed by atoms with Crippen molar-refractivity contribution < 1.29 is 14.5 Å². The number of aliphatic hydroxyl groups excluding tert-OH is 1. The fourth-order valence-electron chi connectivity index (χ4n) is 4.64. The lowest BCUT2D eigenvalue weighted by molar-refractivity contribution is -0.404. The van der Waals surface area contributed by atoms with Gasteiger partial charge in [0.25, 0.3) is 5.91 Å². The van der Waals surface area contributed by atoms with Gasteiger partial charge in [-0.1, -0.05) is 61.1 Å². The van der Waals surface area contributed by atoms with Crippen LogP contribution < -0.4 is 0 Å². The second-order valence-corrected chi connectivity index (χ2v) is 9.82. The predicted molar refractivity (Wildman–Crippen MR) is 144 cm³/mol. The number of carbonyl (C=O) groups is 1. The average molecular weight is 485 g/mol.